The number of benzene rings is 1. The molecule has 0 bridgehead atoms. The molecule has 24 heavy (non-hydrogen) atoms. The fraction of sp³-hybridized carbons (Fsp3) is 0.368. The summed E-state index contributed by atoms with van der Waals surface area (Å²) < 4.78 is 5.77. The lowest BCUT2D eigenvalue weighted by molar-refractivity contribution is 0.0794. The SMILES string of the molecule is O=C(N[C@@H]1CCNC2CCC21)c1cc2c(cn1)oc1ccccc12. The summed E-state index contributed by atoms with van der Waals surface area (Å²) in [6, 6.07) is 10.5. The monoisotopic (exact) mass is 321 g/mol. The predicted octanol–water partition coefficient (Wildman–Crippen LogP) is 2.85. The van der Waals surface area contributed by atoms with Crippen LogP contribution < -0.4 is 10.6 Å². The molecular weight excluding hydrogens is 302 g/mol. The number of carbonyl (C=O) groups is 1. The maximum Gasteiger partial charge on any atom is 0.270 e. The highest BCUT2D eigenvalue weighted by Crippen LogP contribution is 2.34. The molecule has 5 rings (SSSR count). The van der Waals surface area contributed by atoms with Crippen LogP contribution in [0.15, 0.2) is 40.9 Å². The van der Waals surface area contributed by atoms with E-state index in [0.717, 1.165) is 29.3 Å². The average molecular weight is 321 g/mol. The number of amides is 1. The van der Waals surface area contributed by atoms with Crippen molar-refractivity contribution in [2.75, 3.05) is 6.54 Å². The van der Waals surface area contributed by atoms with Crippen LogP contribution in [0, 0.1) is 5.92 Å². The summed E-state index contributed by atoms with van der Waals surface area (Å²) >= 11 is 0. The van der Waals surface area contributed by atoms with Crippen molar-refractivity contribution in [3.63, 3.8) is 0 Å². The standard InChI is InChI=1S/C19H19N3O2/c23-19(22-15-7-8-20-14-6-5-12(14)15)16-9-13-11-3-1-2-4-17(11)24-18(13)10-21-16/h1-4,9-10,12,14-15,20H,5-8H2,(H,22,23)/t12?,14?,15-/m1/s1. The van der Waals surface area contributed by atoms with Crippen molar-refractivity contribution < 1.29 is 9.21 Å². The van der Waals surface area contributed by atoms with Crippen LogP contribution in [0.1, 0.15) is 29.8 Å². The summed E-state index contributed by atoms with van der Waals surface area (Å²) in [4.78, 5) is 17.0. The van der Waals surface area contributed by atoms with Gasteiger partial charge in [0.05, 0.1) is 6.20 Å². The number of pyridine rings is 1. The first kappa shape index (κ1) is 14.0. The molecule has 1 aromatic carbocycles. The second-order valence-corrected chi connectivity index (χ2v) is 6.83. The van der Waals surface area contributed by atoms with Crippen molar-refractivity contribution >= 4 is 27.8 Å². The number of piperidine rings is 1. The third-order valence-electron chi connectivity index (χ3n) is 5.52. The molecule has 1 saturated heterocycles. The molecule has 2 aliphatic rings. The molecule has 3 heterocycles. The highest BCUT2D eigenvalue weighted by molar-refractivity contribution is 6.07. The quantitative estimate of drug-likeness (QED) is 0.761. The lowest BCUT2D eigenvalue weighted by atomic mass is 9.71. The van der Waals surface area contributed by atoms with Crippen LogP contribution in [-0.2, 0) is 0 Å². The molecule has 2 N–H and O–H groups in total. The summed E-state index contributed by atoms with van der Waals surface area (Å²) in [6.45, 7) is 0.977. The van der Waals surface area contributed by atoms with Gasteiger partial charge >= 0.3 is 0 Å². The molecule has 2 fully saturated rings. The van der Waals surface area contributed by atoms with Gasteiger partial charge in [0.2, 0.25) is 0 Å². The molecule has 3 atom stereocenters. The number of aromatic nitrogens is 1. The average Bonchev–Trinajstić information content (AvgIpc) is 2.94. The van der Waals surface area contributed by atoms with E-state index in [-0.39, 0.29) is 11.9 Å². The fourth-order valence-electron chi connectivity index (χ4n) is 4.08. The van der Waals surface area contributed by atoms with E-state index < -0.39 is 0 Å². The lowest BCUT2D eigenvalue weighted by Gasteiger charge is -2.46. The first-order valence-corrected chi connectivity index (χ1v) is 8.61. The van der Waals surface area contributed by atoms with Gasteiger partial charge < -0.3 is 15.1 Å². The van der Waals surface area contributed by atoms with Crippen molar-refractivity contribution in [3.8, 4) is 0 Å². The Labute approximate surface area is 139 Å². The molecule has 1 aliphatic carbocycles. The zero-order chi connectivity index (χ0) is 16.1. The van der Waals surface area contributed by atoms with Gasteiger partial charge in [0.1, 0.15) is 11.3 Å². The van der Waals surface area contributed by atoms with Crippen molar-refractivity contribution in [1.82, 2.24) is 15.6 Å². The van der Waals surface area contributed by atoms with Gasteiger partial charge in [-0.05, 0) is 43.9 Å². The molecule has 5 nitrogen and oxygen atoms in total. The second-order valence-electron chi connectivity index (χ2n) is 6.83. The Morgan fingerprint density at radius 2 is 2.08 bits per heavy atom. The van der Waals surface area contributed by atoms with Crippen molar-refractivity contribution in [2.45, 2.75) is 31.3 Å². The van der Waals surface area contributed by atoms with Gasteiger partial charge in [0, 0.05) is 22.9 Å². The Kier molecular flexibility index (Phi) is 3.10. The third-order valence-corrected chi connectivity index (χ3v) is 5.52. The van der Waals surface area contributed by atoms with Crippen molar-refractivity contribution in [3.05, 3.63) is 42.2 Å². The van der Waals surface area contributed by atoms with Gasteiger partial charge in [-0.2, -0.15) is 0 Å². The van der Waals surface area contributed by atoms with E-state index in [9.17, 15) is 4.79 Å². The number of para-hydroxylation sites is 1. The van der Waals surface area contributed by atoms with Crippen LogP contribution in [0.3, 0.4) is 0 Å². The normalized spacial score (nSPS) is 26.1. The Hall–Kier alpha value is -2.40. The van der Waals surface area contributed by atoms with E-state index in [4.69, 9.17) is 4.42 Å². The number of hydrogen-bond acceptors (Lipinski definition) is 4. The van der Waals surface area contributed by atoms with Gasteiger partial charge in [-0.1, -0.05) is 18.2 Å². The van der Waals surface area contributed by atoms with Gasteiger partial charge in [0.25, 0.3) is 5.91 Å². The van der Waals surface area contributed by atoms with Gasteiger partial charge in [-0.25, -0.2) is 4.98 Å². The summed E-state index contributed by atoms with van der Waals surface area (Å²) in [7, 11) is 0. The minimum absolute atomic E-state index is 0.0836. The third kappa shape index (κ3) is 2.12. The maximum atomic E-state index is 12.7. The summed E-state index contributed by atoms with van der Waals surface area (Å²) in [5.41, 5.74) is 2.00. The fourth-order valence-corrected chi connectivity index (χ4v) is 4.08. The predicted molar refractivity (Wildman–Crippen MR) is 91.9 cm³/mol. The highest BCUT2D eigenvalue weighted by atomic mass is 16.3. The molecule has 1 amide bonds. The first-order valence-electron chi connectivity index (χ1n) is 8.61. The zero-order valence-corrected chi connectivity index (χ0v) is 13.3. The number of rotatable bonds is 2. The Morgan fingerprint density at radius 1 is 1.17 bits per heavy atom. The molecule has 3 aromatic rings. The Bertz CT molecular complexity index is 933. The van der Waals surface area contributed by atoms with Gasteiger partial charge in [0.15, 0.2) is 5.58 Å². The lowest BCUT2D eigenvalue weighted by Crippen LogP contribution is -2.59. The number of fused-ring (bicyclic) bond motifs is 4. The molecule has 122 valence electrons. The number of hydrogen-bond donors (Lipinski definition) is 2. The van der Waals surface area contributed by atoms with Crippen LogP contribution in [0.4, 0.5) is 0 Å². The highest BCUT2D eigenvalue weighted by Gasteiger charge is 2.40. The topological polar surface area (TPSA) is 67.2 Å². The van der Waals surface area contributed by atoms with Crippen molar-refractivity contribution in [2.24, 2.45) is 5.92 Å². The van der Waals surface area contributed by atoms with E-state index in [0.29, 0.717) is 23.2 Å². The van der Waals surface area contributed by atoms with Crippen LogP contribution in [-0.4, -0.2) is 29.5 Å². The number of nitrogens with zero attached hydrogens (tertiary/aromatic N) is 1. The number of carbonyl (C=O) groups excluding carboxylic acids is 1. The molecule has 0 spiro atoms. The second kappa shape index (κ2) is 5.31. The summed E-state index contributed by atoms with van der Waals surface area (Å²) in [6.07, 6.45) is 5.06. The molecular formula is C19H19N3O2. The van der Waals surface area contributed by atoms with E-state index in [1.807, 2.05) is 30.3 Å². The van der Waals surface area contributed by atoms with Crippen LogP contribution in [0.2, 0.25) is 0 Å². The van der Waals surface area contributed by atoms with E-state index in [1.165, 1.54) is 12.8 Å². The van der Waals surface area contributed by atoms with E-state index in [1.54, 1.807) is 6.20 Å². The molecule has 0 radical (unpaired) electrons. The maximum absolute atomic E-state index is 12.7. The summed E-state index contributed by atoms with van der Waals surface area (Å²) in [5.74, 6) is 0.487. The molecule has 1 aliphatic heterocycles. The van der Waals surface area contributed by atoms with E-state index >= 15 is 0 Å². The zero-order valence-electron chi connectivity index (χ0n) is 13.3. The van der Waals surface area contributed by atoms with Crippen LogP contribution >= 0.6 is 0 Å². The largest absolute Gasteiger partial charge is 0.454 e. The Morgan fingerprint density at radius 3 is 2.96 bits per heavy atom. The molecule has 2 unspecified atom stereocenters. The Balaban J connectivity index is 1.45. The number of furan rings is 1. The van der Waals surface area contributed by atoms with Crippen LogP contribution in [0.5, 0.6) is 0 Å². The minimum Gasteiger partial charge on any atom is -0.454 e. The van der Waals surface area contributed by atoms with E-state index in [2.05, 4.69) is 15.6 Å². The minimum atomic E-state index is -0.0836. The smallest absolute Gasteiger partial charge is 0.270 e. The van der Waals surface area contributed by atoms with Gasteiger partial charge in [-0.3, -0.25) is 4.79 Å². The number of nitrogens with one attached hydrogen (secondary N) is 2. The first-order chi connectivity index (χ1) is 11.8. The van der Waals surface area contributed by atoms with Crippen LogP contribution in [0.25, 0.3) is 21.9 Å². The molecule has 2 aromatic heterocycles. The van der Waals surface area contributed by atoms with Crippen molar-refractivity contribution in [1.29, 1.82) is 0 Å². The van der Waals surface area contributed by atoms with Gasteiger partial charge in [-0.15, -0.1) is 0 Å². The molecule has 1 saturated carbocycles. The molecule has 5 heteroatoms. The summed E-state index contributed by atoms with van der Waals surface area (Å²) in [5, 5.41) is 8.68.